The van der Waals surface area contributed by atoms with Gasteiger partial charge in [0, 0.05) is 18.8 Å². The van der Waals surface area contributed by atoms with Crippen molar-refractivity contribution in [3.05, 3.63) is 29.8 Å². The van der Waals surface area contributed by atoms with E-state index < -0.39 is 0 Å². The van der Waals surface area contributed by atoms with E-state index in [-0.39, 0.29) is 5.41 Å². The highest BCUT2D eigenvalue weighted by atomic mass is 15.2. The SMILES string of the molecule is CNCC1CCN(c2ccccc2C(C)(C)C)C1. The smallest absolute Gasteiger partial charge is 0.0404 e. The second-order valence-corrected chi connectivity index (χ2v) is 6.43. The molecule has 18 heavy (non-hydrogen) atoms. The molecule has 100 valence electrons. The summed E-state index contributed by atoms with van der Waals surface area (Å²) in [4.78, 5) is 2.56. The lowest BCUT2D eigenvalue weighted by atomic mass is 9.85. The van der Waals surface area contributed by atoms with Gasteiger partial charge in [0.05, 0.1) is 0 Å². The van der Waals surface area contributed by atoms with Crippen LogP contribution < -0.4 is 10.2 Å². The quantitative estimate of drug-likeness (QED) is 0.882. The van der Waals surface area contributed by atoms with Gasteiger partial charge in [-0.3, -0.25) is 0 Å². The third-order valence-corrected chi connectivity index (χ3v) is 3.83. The molecule has 0 radical (unpaired) electrons. The lowest BCUT2D eigenvalue weighted by Crippen LogP contribution is -2.26. The van der Waals surface area contributed by atoms with E-state index in [1.165, 1.54) is 30.8 Å². The topological polar surface area (TPSA) is 15.3 Å². The molecule has 2 nitrogen and oxygen atoms in total. The molecule has 1 aromatic carbocycles. The second-order valence-electron chi connectivity index (χ2n) is 6.43. The Balaban J connectivity index is 2.19. The van der Waals surface area contributed by atoms with Crippen molar-refractivity contribution in [2.45, 2.75) is 32.6 Å². The molecule has 0 aliphatic carbocycles. The van der Waals surface area contributed by atoms with E-state index in [9.17, 15) is 0 Å². The number of nitrogens with one attached hydrogen (secondary N) is 1. The van der Waals surface area contributed by atoms with E-state index in [1.807, 2.05) is 7.05 Å². The van der Waals surface area contributed by atoms with Crippen molar-refractivity contribution in [2.75, 3.05) is 31.6 Å². The van der Waals surface area contributed by atoms with Crippen LogP contribution in [0.2, 0.25) is 0 Å². The lowest BCUT2D eigenvalue weighted by Gasteiger charge is -2.28. The summed E-state index contributed by atoms with van der Waals surface area (Å²) in [6, 6.07) is 8.88. The molecule has 1 saturated heterocycles. The number of hydrogen-bond acceptors (Lipinski definition) is 2. The average Bonchev–Trinajstić information content (AvgIpc) is 2.77. The summed E-state index contributed by atoms with van der Waals surface area (Å²) < 4.78 is 0. The second kappa shape index (κ2) is 5.31. The number of para-hydroxylation sites is 1. The molecule has 1 unspecified atom stereocenters. The van der Waals surface area contributed by atoms with E-state index >= 15 is 0 Å². The summed E-state index contributed by atoms with van der Waals surface area (Å²) in [5.74, 6) is 0.794. The fourth-order valence-electron chi connectivity index (χ4n) is 2.89. The van der Waals surface area contributed by atoms with Crippen LogP contribution in [0.15, 0.2) is 24.3 Å². The largest absolute Gasteiger partial charge is 0.371 e. The standard InChI is InChI=1S/C16H26N2/c1-16(2,3)14-7-5-6-8-15(14)18-10-9-13(12-18)11-17-4/h5-8,13,17H,9-12H2,1-4H3. The molecule has 1 heterocycles. The van der Waals surface area contributed by atoms with Crippen LogP contribution in [0.25, 0.3) is 0 Å². The molecular formula is C16H26N2. The Morgan fingerprint density at radius 3 is 2.67 bits per heavy atom. The Morgan fingerprint density at radius 2 is 2.00 bits per heavy atom. The first-order chi connectivity index (χ1) is 8.52. The highest BCUT2D eigenvalue weighted by molar-refractivity contribution is 5.57. The van der Waals surface area contributed by atoms with Gasteiger partial charge in [0.1, 0.15) is 0 Å². The van der Waals surface area contributed by atoms with Crippen molar-refractivity contribution in [3.63, 3.8) is 0 Å². The zero-order chi connectivity index (χ0) is 13.2. The van der Waals surface area contributed by atoms with Crippen LogP contribution in [-0.2, 0) is 5.41 Å². The zero-order valence-electron chi connectivity index (χ0n) is 12.2. The molecule has 1 atom stereocenters. The molecule has 1 aromatic rings. The monoisotopic (exact) mass is 246 g/mol. The van der Waals surface area contributed by atoms with E-state index in [0.29, 0.717) is 0 Å². The van der Waals surface area contributed by atoms with Crippen LogP contribution in [-0.4, -0.2) is 26.7 Å². The summed E-state index contributed by atoms with van der Waals surface area (Å²) in [7, 11) is 2.05. The number of anilines is 1. The van der Waals surface area contributed by atoms with Gasteiger partial charge >= 0.3 is 0 Å². The molecular weight excluding hydrogens is 220 g/mol. The predicted molar refractivity (Wildman–Crippen MR) is 79.4 cm³/mol. The van der Waals surface area contributed by atoms with Crippen molar-refractivity contribution in [1.82, 2.24) is 5.32 Å². The van der Waals surface area contributed by atoms with E-state index in [2.05, 4.69) is 55.3 Å². The summed E-state index contributed by atoms with van der Waals surface area (Å²) in [5, 5.41) is 3.30. The Labute approximate surface area is 111 Å². The summed E-state index contributed by atoms with van der Waals surface area (Å²) in [6.07, 6.45) is 1.30. The molecule has 1 aliphatic rings. The van der Waals surface area contributed by atoms with Gasteiger partial charge < -0.3 is 10.2 Å². The minimum atomic E-state index is 0.220. The maximum Gasteiger partial charge on any atom is 0.0404 e. The van der Waals surface area contributed by atoms with Crippen molar-refractivity contribution in [1.29, 1.82) is 0 Å². The van der Waals surface area contributed by atoms with Crippen LogP contribution in [0.4, 0.5) is 5.69 Å². The first kappa shape index (κ1) is 13.4. The minimum absolute atomic E-state index is 0.220. The zero-order valence-corrected chi connectivity index (χ0v) is 12.2. The third-order valence-electron chi connectivity index (χ3n) is 3.83. The van der Waals surface area contributed by atoms with Gasteiger partial charge in [-0.15, -0.1) is 0 Å². The van der Waals surface area contributed by atoms with Gasteiger partial charge in [-0.05, 0) is 43.0 Å². The van der Waals surface area contributed by atoms with Crippen LogP contribution in [0.1, 0.15) is 32.8 Å². The Morgan fingerprint density at radius 1 is 1.28 bits per heavy atom. The Kier molecular flexibility index (Phi) is 3.96. The summed E-state index contributed by atoms with van der Waals surface area (Å²) in [6.45, 7) is 10.4. The molecule has 1 aliphatic heterocycles. The molecule has 0 aromatic heterocycles. The van der Waals surface area contributed by atoms with E-state index in [0.717, 1.165) is 12.5 Å². The van der Waals surface area contributed by atoms with Crippen molar-refractivity contribution >= 4 is 5.69 Å². The highest BCUT2D eigenvalue weighted by Crippen LogP contribution is 2.34. The fraction of sp³-hybridized carbons (Fsp3) is 0.625. The van der Waals surface area contributed by atoms with Gasteiger partial charge in [-0.2, -0.15) is 0 Å². The van der Waals surface area contributed by atoms with Crippen LogP contribution in [0, 0.1) is 5.92 Å². The number of rotatable bonds is 3. The van der Waals surface area contributed by atoms with E-state index in [4.69, 9.17) is 0 Å². The first-order valence-electron chi connectivity index (χ1n) is 7.01. The molecule has 0 bridgehead atoms. The molecule has 1 N–H and O–H groups in total. The molecule has 2 heteroatoms. The normalized spacial score (nSPS) is 20.4. The molecule has 2 rings (SSSR count). The lowest BCUT2D eigenvalue weighted by molar-refractivity contribution is 0.548. The average molecular weight is 246 g/mol. The summed E-state index contributed by atoms with van der Waals surface area (Å²) >= 11 is 0. The van der Waals surface area contributed by atoms with E-state index in [1.54, 1.807) is 0 Å². The van der Waals surface area contributed by atoms with Gasteiger partial charge in [-0.1, -0.05) is 39.0 Å². The predicted octanol–water partition coefficient (Wildman–Crippen LogP) is 3.03. The number of nitrogens with zero attached hydrogens (tertiary/aromatic N) is 1. The van der Waals surface area contributed by atoms with Gasteiger partial charge in [-0.25, -0.2) is 0 Å². The van der Waals surface area contributed by atoms with Crippen LogP contribution in [0.3, 0.4) is 0 Å². The van der Waals surface area contributed by atoms with Crippen LogP contribution in [0.5, 0.6) is 0 Å². The number of benzene rings is 1. The van der Waals surface area contributed by atoms with Crippen molar-refractivity contribution < 1.29 is 0 Å². The molecule has 1 fully saturated rings. The Hall–Kier alpha value is -1.02. The summed E-state index contributed by atoms with van der Waals surface area (Å²) in [5.41, 5.74) is 3.12. The maximum absolute atomic E-state index is 3.30. The molecule has 0 spiro atoms. The van der Waals surface area contributed by atoms with Crippen molar-refractivity contribution in [2.24, 2.45) is 5.92 Å². The molecule has 0 saturated carbocycles. The number of hydrogen-bond donors (Lipinski definition) is 1. The van der Waals surface area contributed by atoms with Gasteiger partial charge in [0.25, 0.3) is 0 Å². The third kappa shape index (κ3) is 2.86. The van der Waals surface area contributed by atoms with Gasteiger partial charge in [0.15, 0.2) is 0 Å². The van der Waals surface area contributed by atoms with Crippen LogP contribution >= 0.6 is 0 Å². The first-order valence-corrected chi connectivity index (χ1v) is 7.01. The maximum atomic E-state index is 3.30. The van der Waals surface area contributed by atoms with Crippen molar-refractivity contribution in [3.8, 4) is 0 Å². The highest BCUT2D eigenvalue weighted by Gasteiger charge is 2.26. The van der Waals surface area contributed by atoms with Gasteiger partial charge in [0.2, 0.25) is 0 Å². The Bertz CT molecular complexity index is 392. The minimum Gasteiger partial charge on any atom is -0.371 e. The fourth-order valence-corrected chi connectivity index (χ4v) is 2.89. The molecule has 0 amide bonds.